The number of nitrogens with zero attached hydrogens (tertiary/aromatic N) is 1. The Balaban J connectivity index is 2.05. The molecule has 4 heteroatoms. The number of rotatable bonds is 6. The second kappa shape index (κ2) is 7.29. The number of hydrogen-bond donors (Lipinski definition) is 2. The molecule has 4 nitrogen and oxygen atoms in total. The number of benzene rings is 2. The van der Waals surface area contributed by atoms with Gasteiger partial charge in [-0.2, -0.15) is 0 Å². The van der Waals surface area contributed by atoms with Crippen LogP contribution in [0, 0.1) is 0 Å². The number of aliphatic hydroxyl groups is 1. The van der Waals surface area contributed by atoms with Crippen LogP contribution in [0.15, 0.2) is 54.6 Å². The average Bonchev–Trinajstić information content (AvgIpc) is 2.54. The van der Waals surface area contributed by atoms with Crippen LogP contribution in [0.3, 0.4) is 0 Å². The van der Waals surface area contributed by atoms with Crippen LogP contribution in [-0.4, -0.2) is 24.6 Å². The quantitative estimate of drug-likeness (QED) is 0.860. The van der Waals surface area contributed by atoms with Gasteiger partial charge in [-0.05, 0) is 37.6 Å². The average molecular weight is 312 g/mol. The number of hydrogen-bond acceptors (Lipinski definition) is 3. The fourth-order valence-electron chi connectivity index (χ4n) is 2.42. The van der Waals surface area contributed by atoms with Crippen molar-refractivity contribution in [2.75, 3.05) is 23.8 Å². The highest BCUT2D eigenvalue weighted by atomic mass is 16.3. The first-order valence-electron chi connectivity index (χ1n) is 7.81. The van der Waals surface area contributed by atoms with E-state index in [0.29, 0.717) is 0 Å². The van der Waals surface area contributed by atoms with E-state index in [1.807, 2.05) is 61.6 Å². The predicted octanol–water partition coefficient (Wildman–Crippen LogP) is 3.38. The van der Waals surface area contributed by atoms with Crippen LogP contribution in [0.2, 0.25) is 0 Å². The zero-order valence-corrected chi connectivity index (χ0v) is 13.9. The smallest absolute Gasteiger partial charge is 0.227 e. The molecule has 0 aliphatic rings. The highest BCUT2D eigenvalue weighted by Gasteiger charge is 2.26. The molecule has 0 heterocycles. The van der Waals surface area contributed by atoms with Crippen molar-refractivity contribution in [2.24, 2.45) is 0 Å². The highest BCUT2D eigenvalue weighted by Crippen LogP contribution is 2.25. The molecule has 0 radical (unpaired) electrons. The van der Waals surface area contributed by atoms with Crippen LogP contribution < -0.4 is 10.2 Å². The first-order valence-corrected chi connectivity index (χ1v) is 7.81. The Kier molecular flexibility index (Phi) is 5.40. The van der Waals surface area contributed by atoms with E-state index in [2.05, 4.69) is 17.1 Å². The lowest BCUT2D eigenvalue weighted by atomic mass is 9.92. The molecular formula is C19H24N2O2. The van der Waals surface area contributed by atoms with Crippen LogP contribution in [0.4, 0.5) is 11.4 Å². The first-order chi connectivity index (χ1) is 10.9. The van der Waals surface area contributed by atoms with Gasteiger partial charge in [-0.15, -0.1) is 0 Å². The van der Waals surface area contributed by atoms with Gasteiger partial charge >= 0.3 is 0 Å². The molecule has 2 rings (SSSR count). The summed E-state index contributed by atoms with van der Waals surface area (Å²) in [5, 5.41) is 13.4. The summed E-state index contributed by atoms with van der Waals surface area (Å²) in [5.74, 6) is -0.213. The molecule has 2 N–H and O–H groups in total. The summed E-state index contributed by atoms with van der Waals surface area (Å²) < 4.78 is 0. The summed E-state index contributed by atoms with van der Waals surface area (Å²) in [6.07, 6.45) is 0.00482. The van der Waals surface area contributed by atoms with Crippen molar-refractivity contribution >= 4 is 17.3 Å². The summed E-state index contributed by atoms with van der Waals surface area (Å²) >= 11 is 0. The molecule has 0 aromatic heterocycles. The fraction of sp³-hybridized carbons (Fsp3) is 0.316. The van der Waals surface area contributed by atoms with Crippen LogP contribution in [0.5, 0.6) is 0 Å². The minimum atomic E-state index is -1.19. The van der Waals surface area contributed by atoms with E-state index in [1.165, 1.54) is 0 Å². The Morgan fingerprint density at radius 1 is 1.17 bits per heavy atom. The second-order valence-corrected chi connectivity index (χ2v) is 5.93. The number of amides is 1. The first kappa shape index (κ1) is 17.0. The molecule has 0 saturated carbocycles. The Bertz CT molecular complexity index is 653. The fourth-order valence-corrected chi connectivity index (χ4v) is 2.42. The van der Waals surface area contributed by atoms with Crippen molar-refractivity contribution in [2.45, 2.75) is 25.9 Å². The molecule has 2 aromatic carbocycles. The molecule has 2 aromatic rings. The van der Waals surface area contributed by atoms with E-state index < -0.39 is 5.60 Å². The summed E-state index contributed by atoms with van der Waals surface area (Å²) in [5.41, 5.74) is 1.31. The molecule has 0 bridgehead atoms. The van der Waals surface area contributed by atoms with Crippen LogP contribution in [0.1, 0.15) is 25.8 Å². The molecule has 122 valence electrons. The normalized spacial score (nSPS) is 13.2. The summed E-state index contributed by atoms with van der Waals surface area (Å²) in [6, 6.07) is 16.9. The Labute approximate surface area is 137 Å². The van der Waals surface area contributed by atoms with E-state index in [4.69, 9.17) is 0 Å². The zero-order chi connectivity index (χ0) is 16.9. The lowest BCUT2D eigenvalue weighted by Gasteiger charge is -2.23. The van der Waals surface area contributed by atoms with E-state index in [1.54, 1.807) is 6.92 Å². The maximum absolute atomic E-state index is 12.3. The Hall–Kier alpha value is -2.33. The maximum Gasteiger partial charge on any atom is 0.227 e. The Morgan fingerprint density at radius 2 is 1.87 bits per heavy atom. The molecule has 0 fully saturated rings. The number of anilines is 2. The minimum absolute atomic E-state index is 0.00482. The van der Waals surface area contributed by atoms with E-state index in [9.17, 15) is 9.90 Å². The minimum Gasteiger partial charge on any atom is -0.385 e. The summed E-state index contributed by atoms with van der Waals surface area (Å²) in [7, 11) is 2.00. The molecule has 1 atom stereocenters. The van der Waals surface area contributed by atoms with Crippen molar-refractivity contribution in [1.29, 1.82) is 0 Å². The van der Waals surface area contributed by atoms with Crippen LogP contribution in [0.25, 0.3) is 0 Å². The standard InChI is InChI=1S/C19H24N2O2/c1-4-21(3)17-12-8-11-16(13-17)20-18(22)14-19(2,23)15-9-6-5-7-10-15/h5-13,23H,4,14H2,1-3H3,(H,20,22). The summed E-state index contributed by atoms with van der Waals surface area (Å²) in [4.78, 5) is 14.4. The van der Waals surface area contributed by atoms with Gasteiger partial charge in [0, 0.05) is 25.0 Å². The third-order valence-electron chi connectivity index (χ3n) is 3.95. The molecule has 1 unspecified atom stereocenters. The molecule has 0 aliphatic carbocycles. The van der Waals surface area contributed by atoms with Crippen molar-refractivity contribution in [3.05, 3.63) is 60.2 Å². The van der Waals surface area contributed by atoms with Gasteiger partial charge in [-0.3, -0.25) is 4.79 Å². The van der Waals surface area contributed by atoms with Gasteiger partial charge in [-0.1, -0.05) is 36.4 Å². The van der Waals surface area contributed by atoms with Gasteiger partial charge in [0.1, 0.15) is 0 Å². The number of carbonyl (C=O) groups is 1. The largest absolute Gasteiger partial charge is 0.385 e. The second-order valence-electron chi connectivity index (χ2n) is 5.93. The summed E-state index contributed by atoms with van der Waals surface area (Å²) in [6.45, 7) is 4.62. The molecule has 0 aliphatic heterocycles. The van der Waals surface area contributed by atoms with Crippen molar-refractivity contribution in [1.82, 2.24) is 0 Å². The molecular weight excluding hydrogens is 288 g/mol. The van der Waals surface area contributed by atoms with Gasteiger partial charge in [0.15, 0.2) is 0 Å². The molecule has 0 saturated heterocycles. The SMILES string of the molecule is CCN(C)c1cccc(NC(=O)CC(C)(O)c2ccccc2)c1. The Morgan fingerprint density at radius 3 is 2.52 bits per heavy atom. The van der Waals surface area contributed by atoms with Gasteiger partial charge in [0.05, 0.1) is 12.0 Å². The molecule has 1 amide bonds. The van der Waals surface area contributed by atoms with Crippen LogP contribution >= 0.6 is 0 Å². The predicted molar refractivity (Wildman–Crippen MR) is 94.6 cm³/mol. The van der Waals surface area contributed by atoms with Crippen molar-refractivity contribution in [3.63, 3.8) is 0 Å². The molecule has 0 spiro atoms. The van der Waals surface area contributed by atoms with Gasteiger partial charge in [0.2, 0.25) is 5.91 Å². The van der Waals surface area contributed by atoms with E-state index in [-0.39, 0.29) is 12.3 Å². The maximum atomic E-state index is 12.3. The van der Waals surface area contributed by atoms with E-state index in [0.717, 1.165) is 23.5 Å². The van der Waals surface area contributed by atoms with Gasteiger partial charge in [-0.25, -0.2) is 0 Å². The lowest BCUT2D eigenvalue weighted by Crippen LogP contribution is -2.28. The van der Waals surface area contributed by atoms with Crippen molar-refractivity contribution in [3.8, 4) is 0 Å². The number of nitrogens with one attached hydrogen (secondary N) is 1. The van der Waals surface area contributed by atoms with Gasteiger partial charge < -0.3 is 15.3 Å². The third kappa shape index (κ3) is 4.57. The molecule has 23 heavy (non-hydrogen) atoms. The lowest BCUT2D eigenvalue weighted by molar-refractivity contribution is -0.120. The highest BCUT2D eigenvalue weighted by molar-refractivity contribution is 5.92. The monoisotopic (exact) mass is 312 g/mol. The van der Waals surface area contributed by atoms with E-state index >= 15 is 0 Å². The van der Waals surface area contributed by atoms with Gasteiger partial charge in [0.25, 0.3) is 0 Å². The topological polar surface area (TPSA) is 52.6 Å². The van der Waals surface area contributed by atoms with Crippen molar-refractivity contribution < 1.29 is 9.90 Å². The zero-order valence-electron chi connectivity index (χ0n) is 13.9. The number of carbonyl (C=O) groups excluding carboxylic acids is 1. The third-order valence-corrected chi connectivity index (χ3v) is 3.95. The van der Waals surface area contributed by atoms with Crippen LogP contribution in [-0.2, 0) is 10.4 Å².